The zero-order chi connectivity index (χ0) is 15.7. The number of guanidine groups is 1. The lowest BCUT2D eigenvalue weighted by molar-refractivity contribution is 0.735. The van der Waals surface area contributed by atoms with E-state index in [1.54, 1.807) is 0 Å². The first-order valence-electron chi connectivity index (χ1n) is 7.94. The second-order valence-electron chi connectivity index (χ2n) is 5.97. The fourth-order valence-electron chi connectivity index (χ4n) is 3.24. The van der Waals surface area contributed by atoms with Gasteiger partial charge in [0.1, 0.15) is 0 Å². The molecule has 0 bridgehead atoms. The maximum absolute atomic E-state index is 8.32. The number of anilines is 1. The molecule has 2 aromatic rings. The summed E-state index contributed by atoms with van der Waals surface area (Å²) < 4.78 is 0. The van der Waals surface area contributed by atoms with Crippen molar-refractivity contribution in [1.29, 1.82) is 5.41 Å². The highest BCUT2D eigenvalue weighted by Crippen LogP contribution is 2.42. The average Bonchev–Trinajstić information content (AvgIpc) is 2.85. The van der Waals surface area contributed by atoms with Crippen molar-refractivity contribution in [2.75, 3.05) is 18.0 Å². The number of halogens is 1. The van der Waals surface area contributed by atoms with Crippen molar-refractivity contribution in [3.8, 4) is 0 Å². The minimum absolute atomic E-state index is 0.394. The molecule has 2 aromatic carbocycles. The molecule has 0 saturated carbocycles. The van der Waals surface area contributed by atoms with E-state index in [1.165, 1.54) is 10.9 Å². The Hall–Kier alpha value is -1.74. The number of fused-ring (bicyclic) bond motifs is 3. The van der Waals surface area contributed by atoms with Crippen LogP contribution in [0.5, 0.6) is 0 Å². The number of benzene rings is 2. The van der Waals surface area contributed by atoms with Gasteiger partial charge in [0.25, 0.3) is 0 Å². The molecule has 0 radical (unpaired) electrons. The Kier molecular flexibility index (Phi) is 4.25. The Morgan fingerprint density at radius 3 is 2.91 bits per heavy atom. The van der Waals surface area contributed by atoms with Crippen LogP contribution in [0.15, 0.2) is 30.3 Å². The first kappa shape index (κ1) is 15.2. The van der Waals surface area contributed by atoms with Gasteiger partial charge < -0.3 is 10.2 Å². The van der Waals surface area contributed by atoms with Gasteiger partial charge in [0.15, 0.2) is 5.96 Å². The molecule has 0 amide bonds. The summed E-state index contributed by atoms with van der Waals surface area (Å²) in [7, 11) is 0. The van der Waals surface area contributed by atoms with Crippen molar-refractivity contribution in [3.05, 3.63) is 40.9 Å². The van der Waals surface area contributed by atoms with E-state index in [0.717, 1.165) is 42.0 Å². The maximum atomic E-state index is 8.32. The van der Waals surface area contributed by atoms with Gasteiger partial charge in [-0.15, -0.1) is 0 Å². The Labute approximate surface area is 136 Å². The van der Waals surface area contributed by atoms with Crippen molar-refractivity contribution in [3.63, 3.8) is 0 Å². The summed E-state index contributed by atoms with van der Waals surface area (Å²) in [5.74, 6) is 0.894. The van der Waals surface area contributed by atoms with E-state index < -0.39 is 0 Å². The number of hydrogen-bond acceptors (Lipinski definition) is 1. The van der Waals surface area contributed by atoms with Gasteiger partial charge >= 0.3 is 0 Å². The number of nitrogens with zero attached hydrogens (tertiary/aromatic N) is 1. The molecule has 0 aliphatic carbocycles. The summed E-state index contributed by atoms with van der Waals surface area (Å²) >= 11 is 6.32. The minimum atomic E-state index is 0.394. The van der Waals surface area contributed by atoms with Gasteiger partial charge in [-0.3, -0.25) is 5.41 Å². The Balaban J connectivity index is 1.97. The Morgan fingerprint density at radius 2 is 2.14 bits per heavy atom. The van der Waals surface area contributed by atoms with Crippen LogP contribution in [0.4, 0.5) is 5.69 Å². The number of rotatable bonds is 3. The Bertz CT molecular complexity index is 711. The maximum Gasteiger partial charge on any atom is 0.195 e. The molecule has 1 heterocycles. The third-order valence-electron chi connectivity index (χ3n) is 4.36. The zero-order valence-corrected chi connectivity index (χ0v) is 13.9. The topological polar surface area (TPSA) is 39.1 Å². The smallest absolute Gasteiger partial charge is 0.195 e. The van der Waals surface area contributed by atoms with Crippen molar-refractivity contribution in [2.45, 2.75) is 32.6 Å². The van der Waals surface area contributed by atoms with Crippen LogP contribution in [0.3, 0.4) is 0 Å². The van der Waals surface area contributed by atoms with Crippen molar-refractivity contribution < 1.29 is 0 Å². The summed E-state index contributed by atoms with van der Waals surface area (Å²) in [5, 5.41) is 14.7. The first-order chi connectivity index (χ1) is 10.6. The highest BCUT2D eigenvalue weighted by Gasteiger charge is 2.29. The SMILES string of the molecule is CCCCNC(=N)N1CC(C)c2c1ccc1c(Cl)cccc21. The van der Waals surface area contributed by atoms with Gasteiger partial charge in [-0.05, 0) is 29.5 Å². The minimum Gasteiger partial charge on any atom is -0.356 e. The van der Waals surface area contributed by atoms with Gasteiger partial charge in [-0.1, -0.05) is 50.1 Å². The van der Waals surface area contributed by atoms with Crippen LogP contribution in [-0.4, -0.2) is 19.0 Å². The van der Waals surface area contributed by atoms with E-state index in [4.69, 9.17) is 17.0 Å². The molecule has 0 saturated heterocycles. The van der Waals surface area contributed by atoms with E-state index in [0.29, 0.717) is 11.9 Å². The average molecular weight is 316 g/mol. The summed E-state index contributed by atoms with van der Waals surface area (Å²) in [4.78, 5) is 2.08. The van der Waals surface area contributed by atoms with Gasteiger partial charge in [-0.25, -0.2) is 0 Å². The third kappa shape index (κ3) is 2.54. The fraction of sp³-hybridized carbons (Fsp3) is 0.389. The number of hydrogen-bond donors (Lipinski definition) is 2. The monoisotopic (exact) mass is 315 g/mol. The van der Waals surface area contributed by atoms with Crippen LogP contribution in [-0.2, 0) is 0 Å². The lowest BCUT2D eigenvalue weighted by Crippen LogP contribution is -2.40. The van der Waals surface area contributed by atoms with E-state index in [1.807, 2.05) is 12.1 Å². The molecule has 1 aliphatic rings. The predicted octanol–water partition coefficient (Wildman–Crippen LogP) is 4.74. The molecule has 1 atom stereocenters. The van der Waals surface area contributed by atoms with Crippen molar-refractivity contribution in [2.24, 2.45) is 0 Å². The highest BCUT2D eigenvalue weighted by molar-refractivity contribution is 6.35. The quantitative estimate of drug-likeness (QED) is 0.488. The van der Waals surface area contributed by atoms with E-state index >= 15 is 0 Å². The lowest BCUT2D eigenvalue weighted by Gasteiger charge is -2.21. The standard InChI is InChI=1S/C18H22ClN3/c1-3-4-10-21-18(20)22-11-12(2)17-14-6-5-7-15(19)13(14)8-9-16(17)22/h5-9,12H,3-4,10-11H2,1-2H3,(H2,20,21). The number of nitrogens with one attached hydrogen (secondary N) is 2. The van der Waals surface area contributed by atoms with Crippen LogP contribution >= 0.6 is 11.6 Å². The van der Waals surface area contributed by atoms with Gasteiger partial charge in [0.2, 0.25) is 0 Å². The molecular formula is C18H22ClN3. The second-order valence-corrected chi connectivity index (χ2v) is 6.38. The van der Waals surface area contributed by atoms with Crippen LogP contribution in [0, 0.1) is 5.41 Å². The van der Waals surface area contributed by atoms with E-state index in [9.17, 15) is 0 Å². The van der Waals surface area contributed by atoms with Crippen LogP contribution in [0.25, 0.3) is 10.8 Å². The van der Waals surface area contributed by atoms with Crippen LogP contribution in [0.2, 0.25) is 5.02 Å². The molecular weight excluding hydrogens is 294 g/mol. The van der Waals surface area contributed by atoms with Gasteiger partial charge in [0, 0.05) is 35.1 Å². The molecule has 0 aromatic heterocycles. The molecule has 0 spiro atoms. The normalized spacial score (nSPS) is 16.9. The summed E-state index contributed by atoms with van der Waals surface area (Å²) in [6, 6.07) is 10.2. The third-order valence-corrected chi connectivity index (χ3v) is 4.69. The molecule has 1 unspecified atom stereocenters. The highest BCUT2D eigenvalue weighted by atomic mass is 35.5. The number of unbranched alkanes of at least 4 members (excludes halogenated alkanes) is 1. The molecule has 0 fully saturated rings. The molecule has 1 aliphatic heterocycles. The van der Waals surface area contributed by atoms with Crippen molar-refractivity contribution >= 4 is 34.0 Å². The lowest BCUT2D eigenvalue weighted by atomic mass is 9.96. The summed E-state index contributed by atoms with van der Waals surface area (Å²) in [6.07, 6.45) is 2.22. The molecule has 2 N–H and O–H groups in total. The van der Waals surface area contributed by atoms with Crippen LogP contribution < -0.4 is 10.2 Å². The summed E-state index contributed by atoms with van der Waals surface area (Å²) in [6.45, 7) is 6.08. The van der Waals surface area contributed by atoms with E-state index in [-0.39, 0.29) is 0 Å². The summed E-state index contributed by atoms with van der Waals surface area (Å²) in [5.41, 5.74) is 2.44. The molecule has 3 nitrogen and oxygen atoms in total. The zero-order valence-electron chi connectivity index (χ0n) is 13.1. The largest absolute Gasteiger partial charge is 0.356 e. The molecule has 3 rings (SSSR count). The molecule has 116 valence electrons. The van der Waals surface area contributed by atoms with Gasteiger partial charge in [0.05, 0.1) is 0 Å². The fourth-order valence-corrected chi connectivity index (χ4v) is 3.48. The predicted molar refractivity (Wildman–Crippen MR) is 95.4 cm³/mol. The van der Waals surface area contributed by atoms with Gasteiger partial charge in [-0.2, -0.15) is 0 Å². The van der Waals surface area contributed by atoms with Crippen molar-refractivity contribution in [1.82, 2.24) is 5.32 Å². The molecule has 4 heteroatoms. The van der Waals surface area contributed by atoms with Crippen LogP contribution in [0.1, 0.15) is 38.2 Å². The molecule has 22 heavy (non-hydrogen) atoms. The Morgan fingerprint density at radius 1 is 1.32 bits per heavy atom. The van der Waals surface area contributed by atoms with E-state index in [2.05, 4.69) is 42.3 Å². The first-order valence-corrected chi connectivity index (χ1v) is 8.32. The second kappa shape index (κ2) is 6.17.